The minimum atomic E-state index is -0.149. The number of hydrogen-bond donors (Lipinski definition) is 2. The van der Waals surface area contributed by atoms with Gasteiger partial charge in [-0.3, -0.25) is 14.3 Å². The third-order valence-corrected chi connectivity index (χ3v) is 7.88. The third kappa shape index (κ3) is 4.54. The quantitative estimate of drug-likeness (QED) is 0.557. The van der Waals surface area contributed by atoms with Crippen molar-refractivity contribution in [2.45, 2.75) is 50.6 Å². The van der Waals surface area contributed by atoms with E-state index in [1.807, 2.05) is 12.1 Å². The van der Waals surface area contributed by atoms with Gasteiger partial charge in [0.15, 0.2) is 5.82 Å². The van der Waals surface area contributed by atoms with Crippen molar-refractivity contribution < 1.29 is 4.79 Å². The molecule has 0 spiro atoms. The maximum absolute atomic E-state index is 13.6. The number of piperazine rings is 1. The van der Waals surface area contributed by atoms with Crippen LogP contribution in [0.25, 0.3) is 16.7 Å². The predicted octanol–water partition coefficient (Wildman–Crippen LogP) is 4.28. The Morgan fingerprint density at radius 2 is 2.11 bits per heavy atom. The Kier molecular flexibility index (Phi) is 6.79. The summed E-state index contributed by atoms with van der Waals surface area (Å²) in [4.78, 5) is 20.7. The Hall–Kier alpha value is -2.92. The number of aromatic nitrogens is 2. The summed E-state index contributed by atoms with van der Waals surface area (Å²) >= 11 is 6.60. The first-order valence-electron chi connectivity index (χ1n) is 12.4. The van der Waals surface area contributed by atoms with Crippen LogP contribution in [0, 0.1) is 11.3 Å². The summed E-state index contributed by atoms with van der Waals surface area (Å²) in [7, 11) is 0. The van der Waals surface area contributed by atoms with E-state index < -0.39 is 0 Å². The van der Waals surface area contributed by atoms with Gasteiger partial charge >= 0.3 is 0 Å². The van der Waals surface area contributed by atoms with Gasteiger partial charge in [-0.2, -0.15) is 5.26 Å². The molecule has 5 rings (SSSR count). The van der Waals surface area contributed by atoms with Crippen LogP contribution in [0.3, 0.4) is 0 Å². The van der Waals surface area contributed by atoms with E-state index >= 15 is 0 Å². The van der Waals surface area contributed by atoms with Gasteiger partial charge in [0.1, 0.15) is 6.07 Å². The average Bonchev–Trinajstić information content (AvgIpc) is 3.29. The van der Waals surface area contributed by atoms with E-state index in [0.29, 0.717) is 39.9 Å². The molecule has 0 bridgehead atoms. The smallest absolute Gasteiger partial charge is 0.253 e. The highest BCUT2D eigenvalue weighted by Crippen LogP contribution is 2.35. The monoisotopic (exact) mass is 490 g/mol. The molecule has 8 heteroatoms. The maximum Gasteiger partial charge on any atom is 0.253 e. The second-order valence-electron chi connectivity index (χ2n) is 9.80. The molecule has 2 aromatic heterocycles. The Morgan fingerprint density at radius 3 is 2.89 bits per heavy atom. The fraction of sp³-hybridized carbons (Fsp3) is 0.444. The van der Waals surface area contributed by atoms with Gasteiger partial charge < -0.3 is 10.6 Å². The summed E-state index contributed by atoms with van der Waals surface area (Å²) in [5.74, 6) is 0.337. The summed E-state index contributed by atoms with van der Waals surface area (Å²) in [6.45, 7) is 5.82. The van der Waals surface area contributed by atoms with Gasteiger partial charge in [-0.1, -0.05) is 36.9 Å². The van der Waals surface area contributed by atoms with Crippen molar-refractivity contribution in [1.82, 2.24) is 25.1 Å². The minimum Gasteiger partial charge on any atom is -0.350 e. The third-order valence-electron chi connectivity index (χ3n) is 7.56. The molecule has 1 amide bonds. The van der Waals surface area contributed by atoms with Crippen molar-refractivity contribution in [3.63, 3.8) is 0 Å². The molecule has 0 unspecified atom stereocenters. The first-order valence-corrected chi connectivity index (χ1v) is 12.8. The molecule has 7 nitrogen and oxygen atoms in total. The molecular formula is C27H31ClN6O. The lowest BCUT2D eigenvalue weighted by Gasteiger charge is -2.49. The van der Waals surface area contributed by atoms with Crippen molar-refractivity contribution in [2.75, 3.05) is 26.2 Å². The predicted molar refractivity (Wildman–Crippen MR) is 138 cm³/mol. The molecule has 35 heavy (non-hydrogen) atoms. The molecule has 1 saturated carbocycles. The number of nitriles is 1. The minimum absolute atomic E-state index is 0.0125. The zero-order chi connectivity index (χ0) is 24.4. The summed E-state index contributed by atoms with van der Waals surface area (Å²) < 4.78 is 1.79. The molecule has 2 fully saturated rings. The first-order chi connectivity index (χ1) is 17.0. The zero-order valence-electron chi connectivity index (χ0n) is 20.1. The van der Waals surface area contributed by atoms with E-state index in [0.717, 1.165) is 38.0 Å². The number of rotatable bonds is 5. The standard InChI is InChI=1S/C27H31ClN6O/c1-19-16-33(14-13-30-19)27(10-3-2-4-11-27)18-32-26(35)21-17-34(23-9-5-8-22(28)24(21)23)25-20(15-29)7-6-12-31-25/h5-9,12,17,19,30H,2-4,10-11,13-14,16,18H2,1H3,(H,32,35)/t19-/m1/s1. The number of hydrogen-bond acceptors (Lipinski definition) is 5. The lowest BCUT2D eigenvalue weighted by atomic mass is 9.79. The summed E-state index contributed by atoms with van der Waals surface area (Å²) in [5.41, 5.74) is 1.67. The molecule has 2 N–H and O–H groups in total. The van der Waals surface area contributed by atoms with E-state index in [4.69, 9.17) is 11.6 Å². The molecule has 1 aliphatic heterocycles. The largest absolute Gasteiger partial charge is 0.350 e. The van der Waals surface area contributed by atoms with Gasteiger partial charge in [-0.05, 0) is 44.0 Å². The number of carbonyl (C=O) groups excluding carboxylic acids is 1. The van der Waals surface area contributed by atoms with Crippen molar-refractivity contribution in [3.8, 4) is 11.9 Å². The summed E-state index contributed by atoms with van der Waals surface area (Å²) in [6.07, 6.45) is 9.24. The molecule has 1 aromatic carbocycles. The summed E-state index contributed by atoms with van der Waals surface area (Å²) in [5, 5.41) is 17.6. The van der Waals surface area contributed by atoms with Crippen molar-refractivity contribution >= 4 is 28.4 Å². The van der Waals surface area contributed by atoms with Gasteiger partial charge in [0, 0.05) is 55.5 Å². The molecule has 1 aliphatic carbocycles. The van der Waals surface area contributed by atoms with Crippen LogP contribution < -0.4 is 10.6 Å². The molecule has 2 aliphatic rings. The highest BCUT2D eigenvalue weighted by Gasteiger charge is 2.39. The maximum atomic E-state index is 13.6. The van der Waals surface area contributed by atoms with E-state index in [-0.39, 0.29) is 11.4 Å². The van der Waals surface area contributed by atoms with E-state index in [9.17, 15) is 10.1 Å². The van der Waals surface area contributed by atoms with Crippen molar-refractivity contribution in [3.05, 3.63) is 58.9 Å². The van der Waals surface area contributed by atoms with E-state index in [1.54, 1.807) is 35.2 Å². The second-order valence-corrected chi connectivity index (χ2v) is 10.2. The van der Waals surface area contributed by atoms with E-state index in [2.05, 4.69) is 33.5 Å². The van der Waals surface area contributed by atoms with Crippen LogP contribution in [0.15, 0.2) is 42.7 Å². The fourth-order valence-electron chi connectivity index (χ4n) is 5.78. The molecule has 1 atom stereocenters. The Morgan fingerprint density at radius 1 is 1.29 bits per heavy atom. The lowest BCUT2D eigenvalue weighted by molar-refractivity contribution is 0.0273. The average molecular weight is 491 g/mol. The Balaban J connectivity index is 1.48. The van der Waals surface area contributed by atoms with Gasteiger partial charge in [-0.25, -0.2) is 4.98 Å². The summed E-state index contributed by atoms with van der Waals surface area (Å²) in [6, 6.07) is 11.6. The number of benzene rings is 1. The number of nitrogens with zero attached hydrogens (tertiary/aromatic N) is 4. The van der Waals surface area contributed by atoms with Gasteiger partial charge in [0.25, 0.3) is 5.91 Å². The van der Waals surface area contributed by atoms with Crippen molar-refractivity contribution in [2.24, 2.45) is 0 Å². The molecule has 182 valence electrons. The lowest BCUT2D eigenvalue weighted by Crippen LogP contribution is -2.63. The highest BCUT2D eigenvalue weighted by atomic mass is 35.5. The molecular weight excluding hydrogens is 460 g/mol. The van der Waals surface area contributed by atoms with Crippen LogP contribution >= 0.6 is 11.6 Å². The van der Waals surface area contributed by atoms with Crippen LogP contribution in [-0.4, -0.2) is 58.1 Å². The Labute approximate surface area is 211 Å². The van der Waals surface area contributed by atoms with Gasteiger partial charge in [-0.15, -0.1) is 0 Å². The zero-order valence-corrected chi connectivity index (χ0v) is 20.8. The molecule has 3 heterocycles. The SMILES string of the molecule is C[C@@H]1CN(C2(CNC(=O)c3cn(-c4ncccc4C#N)c4cccc(Cl)c34)CCCCC2)CCN1. The number of carbonyl (C=O) groups is 1. The Bertz CT molecular complexity index is 1270. The molecule has 1 saturated heterocycles. The molecule has 0 radical (unpaired) electrons. The number of halogens is 1. The fourth-order valence-corrected chi connectivity index (χ4v) is 6.06. The van der Waals surface area contributed by atoms with Crippen LogP contribution in [0.5, 0.6) is 0 Å². The second kappa shape index (κ2) is 9.98. The first kappa shape index (κ1) is 23.8. The molecule has 3 aromatic rings. The topological polar surface area (TPSA) is 86.0 Å². The van der Waals surface area contributed by atoms with Crippen LogP contribution in [0.4, 0.5) is 0 Å². The van der Waals surface area contributed by atoms with E-state index in [1.165, 1.54) is 19.3 Å². The van der Waals surface area contributed by atoms with Crippen molar-refractivity contribution in [1.29, 1.82) is 5.26 Å². The number of fused-ring (bicyclic) bond motifs is 1. The number of pyridine rings is 1. The van der Waals surface area contributed by atoms with Crippen LogP contribution in [0.2, 0.25) is 5.02 Å². The normalized spacial score (nSPS) is 20.4. The van der Waals surface area contributed by atoms with Crippen LogP contribution in [0.1, 0.15) is 54.9 Å². The highest BCUT2D eigenvalue weighted by molar-refractivity contribution is 6.37. The van der Waals surface area contributed by atoms with Gasteiger partial charge in [0.05, 0.1) is 21.7 Å². The number of amides is 1. The number of nitrogens with one attached hydrogen (secondary N) is 2. The van der Waals surface area contributed by atoms with Gasteiger partial charge in [0.2, 0.25) is 0 Å². The van der Waals surface area contributed by atoms with Crippen LogP contribution in [-0.2, 0) is 0 Å².